The molecule has 0 aromatic heterocycles. The molecule has 0 aromatic carbocycles. The Balaban J connectivity index is 2.38. The molecule has 0 aromatic rings. The summed E-state index contributed by atoms with van der Waals surface area (Å²) in [6.07, 6.45) is 3.96. The molecule has 0 heterocycles. The summed E-state index contributed by atoms with van der Waals surface area (Å²) in [7, 11) is 1.89. The normalized spacial score (nSPS) is 20.5. The van der Waals surface area contributed by atoms with Gasteiger partial charge in [0, 0.05) is 13.1 Å². The molecule has 3 nitrogen and oxygen atoms in total. The Morgan fingerprint density at radius 3 is 2.45 bits per heavy atom. The molecule has 1 atom stereocenters. The first kappa shape index (κ1) is 8.37. The average molecular weight is 155 g/mol. The largest absolute Gasteiger partial charge is 0.370 e. The Bertz CT molecular complexity index is 151. The van der Waals surface area contributed by atoms with E-state index in [-0.39, 0.29) is 5.96 Å². The highest BCUT2D eigenvalue weighted by Crippen LogP contribution is 2.31. The second kappa shape index (κ2) is 3.11. The lowest BCUT2D eigenvalue weighted by atomic mass is 9.80. The minimum Gasteiger partial charge on any atom is -0.370 e. The molecule has 1 unspecified atom stereocenters. The van der Waals surface area contributed by atoms with Crippen LogP contribution in [0.25, 0.3) is 0 Å². The monoisotopic (exact) mass is 155 g/mol. The second-order valence-electron chi connectivity index (χ2n) is 3.43. The fourth-order valence-corrected chi connectivity index (χ4v) is 1.46. The van der Waals surface area contributed by atoms with Crippen LogP contribution in [0.3, 0.4) is 0 Å². The van der Waals surface area contributed by atoms with Crippen molar-refractivity contribution in [3.8, 4) is 0 Å². The molecule has 1 aliphatic rings. The van der Waals surface area contributed by atoms with E-state index in [9.17, 15) is 0 Å². The number of nitrogens with zero attached hydrogens (tertiary/aromatic N) is 1. The molecule has 0 bridgehead atoms. The molecule has 0 amide bonds. The van der Waals surface area contributed by atoms with E-state index in [2.05, 4.69) is 6.92 Å². The molecule has 1 fully saturated rings. The van der Waals surface area contributed by atoms with Crippen LogP contribution < -0.4 is 5.73 Å². The highest BCUT2D eigenvalue weighted by atomic mass is 15.2. The minimum atomic E-state index is 0.185. The van der Waals surface area contributed by atoms with Crippen LogP contribution in [-0.4, -0.2) is 23.9 Å². The van der Waals surface area contributed by atoms with E-state index >= 15 is 0 Å². The Hall–Kier alpha value is -0.730. The molecule has 0 aliphatic heterocycles. The van der Waals surface area contributed by atoms with Gasteiger partial charge in [0.25, 0.3) is 0 Å². The lowest BCUT2D eigenvalue weighted by Crippen LogP contribution is -2.45. The number of hydrogen-bond acceptors (Lipinski definition) is 1. The van der Waals surface area contributed by atoms with Gasteiger partial charge in [0.1, 0.15) is 0 Å². The molecular formula is C8H17N3. The van der Waals surface area contributed by atoms with Crippen LogP contribution in [0.1, 0.15) is 26.2 Å². The van der Waals surface area contributed by atoms with Crippen molar-refractivity contribution in [2.75, 3.05) is 7.05 Å². The Labute approximate surface area is 68.1 Å². The Morgan fingerprint density at radius 1 is 1.64 bits per heavy atom. The molecule has 0 spiro atoms. The predicted octanol–water partition coefficient (Wildman–Crippen LogP) is 1.00. The van der Waals surface area contributed by atoms with Gasteiger partial charge in [-0.2, -0.15) is 0 Å². The van der Waals surface area contributed by atoms with Crippen molar-refractivity contribution in [1.29, 1.82) is 5.41 Å². The summed E-state index contributed by atoms with van der Waals surface area (Å²) in [5.74, 6) is 0.952. The molecular weight excluding hydrogens is 138 g/mol. The summed E-state index contributed by atoms with van der Waals surface area (Å²) in [5.41, 5.74) is 5.36. The summed E-state index contributed by atoms with van der Waals surface area (Å²) in [4.78, 5) is 1.85. The lowest BCUT2D eigenvalue weighted by Gasteiger charge is -2.37. The molecule has 3 heteroatoms. The van der Waals surface area contributed by atoms with Crippen molar-refractivity contribution in [3.63, 3.8) is 0 Å². The fraction of sp³-hybridized carbons (Fsp3) is 0.875. The average Bonchev–Trinajstić information content (AvgIpc) is 1.82. The maximum atomic E-state index is 7.23. The standard InChI is InChI=1S/C8H17N3/c1-6(7-4-3-5-7)11(2)8(9)10/h6-7H,3-5H2,1-2H3,(H3,9,10). The van der Waals surface area contributed by atoms with Crippen LogP contribution in [0.2, 0.25) is 0 Å². The first-order valence-corrected chi connectivity index (χ1v) is 4.19. The SMILES string of the molecule is CC(C1CCC1)N(C)C(=N)N. The summed E-state index contributed by atoms with van der Waals surface area (Å²) in [6.45, 7) is 2.14. The zero-order valence-electron chi connectivity index (χ0n) is 7.30. The van der Waals surface area contributed by atoms with Crippen LogP contribution >= 0.6 is 0 Å². The third-order valence-electron chi connectivity index (χ3n) is 2.82. The van der Waals surface area contributed by atoms with Gasteiger partial charge in [0.2, 0.25) is 0 Å². The van der Waals surface area contributed by atoms with Crippen molar-refractivity contribution in [1.82, 2.24) is 4.90 Å². The first-order valence-electron chi connectivity index (χ1n) is 4.19. The van der Waals surface area contributed by atoms with E-state index in [0.717, 1.165) is 5.92 Å². The number of nitrogens with two attached hydrogens (primary N) is 1. The summed E-state index contributed by atoms with van der Waals surface area (Å²) in [5, 5.41) is 7.23. The van der Waals surface area contributed by atoms with Crippen LogP contribution in [0, 0.1) is 11.3 Å². The molecule has 3 N–H and O–H groups in total. The van der Waals surface area contributed by atoms with Crippen LogP contribution in [-0.2, 0) is 0 Å². The van der Waals surface area contributed by atoms with E-state index in [1.165, 1.54) is 19.3 Å². The molecule has 1 saturated carbocycles. The van der Waals surface area contributed by atoms with Crippen molar-refractivity contribution in [2.24, 2.45) is 11.7 Å². The molecule has 1 rings (SSSR count). The van der Waals surface area contributed by atoms with E-state index in [1.807, 2.05) is 11.9 Å². The van der Waals surface area contributed by atoms with Crippen LogP contribution in [0.15, 0.2) is 0 Å². The van der Waals surface area contributed by atoms with Crippen molar-refractivity contribution in [2.45, 2.75) is 32.2 Å². The topological polar surface area (TPSA) is 53.1 Å². The van der Waals surface area contributed by atoms with Crippen molar-refractivity contribution >= 4 is 5.96 Å². The molecule has 11 heavy (non-hydrogen) atoms. The maximum absolute atomic E-state index is 7.23. The van der Waals surface area contributed by atoms with Gasteiger partial charge in [-0.15, -0.1) is 0 Å². The van der Waals surface area contributed by atoms with E-state index < -0.39 is 0 Å². The Kier molecular flexibility index (Phi) is 2.37. The van der Waals surface area contributed by atoms with Gasteiger partial charge in [-0.05, 0) is 25.7 Å². The minimum absolute atomic E-state index is 0.185. The van der Waals surface area contributed by atoms with E-state index in [4.69, 9.17) is 11.1 Å². The van der Waals surface area contributed by atoms with E-state index in [1.54, 1.807) is 0 Å². The third kappa shape index (κ3) is 1.64. The van der Waals surface area contributed by atoms with Gasteiger partial charge in [-0.1, -0.05) is 6.42 Å². The first-order chi connectivity index (χ1) is 5.13. The lowest BCUT2D eigenvalue weighted by molar-refractivity contribution is 0.184. The van der Waals surface area contributed by atoms with Crippen LogP contribution in [0.5, 0.6) is 0 Å². The molecule has 0 saturated heterocycles. The number of hydrogen-bond donors (Lipinski definition) is 2. The van der Waals surface area contributed by atoms with Crippen LogP contribution in [0.4, 0.5) is 0 Å². The summed E-state index contributed by atoms with van der Waals surface area (Å²) >= 11 is 0. The number of guanidine groups is 1. The quantitative estimate of drug-likeness (QED) is 0.461. The summed E-state index contributed by atoms with van der Waals surface area (Å²) < 4.78 is 0. The second-order valence-corrected chi connectivity index (χ2v) is 3.43. The van der Waals surface area contributed by atoms with Gasteiger partial charge in [0.05, 0.1) is 0 Å². The molecule has 64 valence electrons. The van der Waals surface area contributed by atoms with Gasteiger partial charge < -0.3 is 10.6 Å². The van der Waals surface area contributed by atoms with Gasteiger partial charge in [0.15, 0.2) is 5.96 Å². The predicted molar refractivity (Wildman–Crippen MR) is 46.5 cm³/mol. The molecule has 0 radical (unpaired) electrons. The summed E-state index contributed by atoms with van der Waals surface area (Å²) in [6, 6.07) is 0.446. The zero-order valence-corrected chi connectivity index (χ0v) is 7.30. The van der Waals surface area contributed by atoms with Gasteiger partial charge in [-0.25, -0.2) is 0 Å². The fourth-order valence-electron chi connectivity index (χ4n) is 1.46. The highest BCUT2D eigenvalue weighted by Gasteiger charge is 2.26. The van der Waals surface area contributed by atoms with E-state index in [0.29, 0.717) is 6.04 Å². The van der Waals surface area contributed by atoms with Crippen molar-refractivity contribution in [3.05, 3.63) is 0 Å². The molecule has 1 aliphatic carbocycles. The Morgan fingerprint density at radius 2 is 2.18 bits per heavy atom. The van der Waals surface area contributed by atoms with Crippen molar-refractivity contribution < 1.29 is 0 Å². The van der Waals surface area contributed by atoms with Gasteiger partial charge >= 0.3 is 0 Å². The third-order valence-corrected chi connectivity index (χ3v) is 2.82. The number of nitrogens with one attached hydrogen (secondary N) is 1. The van der Waals surface area contributed by atoms with Gasteiger partial charge in [-0.3, -0.25) is 5.41 Å². The number of rotatable bonds is 2. The highest BCUT2D eigenvalue weighted by molar-refractivity contribution is 5.74. The smallest absolute Gasteiger partial charge is 0.188 e. The maximum Gasteiger partial charge on any atom is 0.188 e. The zero-order chi connectivity index (χ0) is 8.43.